The van der Waals surface area contributed by atoms with Gasteiger partial charge >= 0.3 is 0 Å². The highest BCUT2D eigenvalue weighted by atomic mass is 32.2. The fourth-order valence-corrected chi connectivity index (χ4v) is 5.01. The molecular weight excluding hydrogens is 372 g/mol. The Balaban J connectivity index is 1.53. The van der Waals surface area contributed by atoms with E-state index in [1.54, 1.807) is 0 Å². The smallest absolute Gasteiger partial charge is 0.0270 e. The maximum absolute atomic E-state index is 4.20. The number of pyridine rings is 2. The van der Waals surface area contributed by atoms with E-state index in [1.165, 1.54) is 22.3 Å². The van der Waals surface area contributed by atoms with Crippen molar-refractivity contribution >= 4 is 11.8 Å². The first-order valence-electron chi connectivity index (χ1n) is 9.89. The minimum atomic E-state index is 0.359. The first-order chi connectivity index (χ1) is 14.4. The summed E-state index contributed by atoms with van der Waals surface area (Å²) < 4.78 is 0. The van der Waals surface area contributed by atoms with Gasteiger partial charge in [-0.3, -0.25) is 9.97 Å². The van der Waals surface area contributed by atoms with Crippen LogP contribution in [0.25, 0.3) is 0 Å². The van der Waals surface area contributed by atoms with Gasteiger partial charge in [-0.05, 0) is 46.5 Å². The molecule has 0 aliphatic carbocycles. The Morgan fingerprint density at radius 1 is 0.483 bits per heavy atom. The van der Waals surface area contributed by atoms with E-state index in [4.69, 9.17) is 0 Å². The van der Waals surface area contributed by atoms with Crippen molar-refractivity contribution in [2.45, 2.75) is 11.8 Å². The summed E-state index contributed by atoms with van der Waals surface area (Å²) in [4.78, 5) is 8.39. The highest BCUT2D eigenvalue weighted by Crippen LogP contribution is 2.33. The highest BCUT2D eigenvalue weighted by molar-refractivity contribution is 7.99. The Kier molecular flexibility index (Phi) is 6.72. The normalized spacial score (nSPS) is 13.0. The van der Waals surface area contributed by atoms with Gasteiger partial charge in [0.1, 0.15) is 0 Å². The number of aromatic nitrogens is 2. The summed E-state index contributed by atoms with van der Waals surface area (Å²) in [6.07, 6.45) is 7.55. The molecule has 0 spiro atoms. The molecule has 0 amide bonds. The second kappa shape index (κ2) is 10.0. The summed E-state index contributed by atoms with van der Waals surface area (Å²) in [7, 11) is 0. The molecule has 29 heavy (non-hydrogen) atoms. The predicted octanol–water partition coefficient (Wildman–Crippen LogP) is 6.17. The summed E-state index contributed by atoms with van der Waals surface area (Å²) in [5.74, 6) is 2.78. The average molecular weight is 397 g/mol. The number of benzene rings is 2. The molecular formula is C26H24N2S. The Morgan fingerprint density at radius 3 is 1.21 bits per heavy atom. The molecule has 0 radical (unpaired) electrons. The molecule has 0 aliphatic heterocycles. The van der Waals surface area contributed by atoms with Crippen molar-refractivity contribution in [3.8, 4) is 0 Å². The monoisotopic (exact) mass is 396 g/mol. The van der Waals surface area contributed by atoms with Gasteiger partial charge in [-0.25, -0.2) is 0 Å². The summed E-state index contributed by atoms with van der Waals surface area (Å²) in [5.41, 5.74) is 5.34. The van der Waals surface area contributed by atoms with Crippen LogP contribution in [0.3, 0.4) is 0 Å². The van der Waals surface area contributed by atoms with Crippen molar-refractivity contribution in [3.05, 3.63) is 132 Å². The third-order valence-electron chi connectivity index (χ3n) is 5.19. The van der Waals surface area contributed by atoms with Gasteiger partial charge in [0.15, 0.2) is 0 Å². The molecule has 2 nitrogen and oxygen atoms in total. The van der Waals surface area contributed by atoms with Gasteiger partial charge in [0.25, 0.3) is 0 Å². The van der Waals surface area contributed by atoms with Crippen LogP contribution in [0.2, 0.25) is 0 Å². The molecule has 4 rings (SSSR count). The maximum atomic E-state index is 4.20. The zero-order valence-electron chi connectivity index (χ0n) is 16.3. The second-order valence-electron chi connectivity index (χ2n) is 7.03. The molecule has 3 heteroatoms. The van der Waals surface area contributed by atoms with Gasteiger partial charge in [-0.1, -0.05) is 60.7 Å². The molecule has 0 N–H and O–H groups in total. The molecule has 0 saturated carbocycles. The minimum absolute atomic E-state index is 0.359. The van der Waals surface area contributed by atoms with E-state index in [-0.39, 0.29) is 0 Å². The highest BCUT2D eigenvalue weighted by Gasteiger charge is 2.18. The maximum Gasteiger partial charge on any atom is 0.0270 e. The van der Waals surface area contributed by atoms with Crippen molar-refractivity contribution in [2.75, 3.05) is 11.5 Å². The van der Waals surface area contributed by atoms with Crippen molar-refractivity contribution in [1.82, 2.24) is 9.97 Å². The van der Waals surface area contributed by atoms with Crippen molar-refractivity contribution in [3.63, 3.8) is 0 Å². The third-order valence-corrected chi connectivity index (χ3v) is 6.33. The lowest BCUT2D eigenvalue weighted by molar-refractivity contribution is 0.908. The van der Waals surface area contributed by atoms with Gasteiger partial charge in [-0.2, -0.15) is 11.8 Å². The average Bonchev–Trinajstić information content (AvgIpc) is 2.81. The fraction of sp³-hybridized carbons (Fsp3) is 0.154. The van der Waals surface area contributed by atoms with Gasteiger partial charge < -0.3 is 0 Å². The van der Waals surface area contributed by atoms with Crippen LogP contribution >= 0.6 is 11.8 Å². The van der Waals surface area contributed by atoms with Gasteiger partial charge in [0, 0.05) is 48.1 Å². The summed E-state index contributed by atoms with van der Waals surface area (Å²) in [6, 6.07) is 30.1. The molecule has 2 atom stereocenters. The van der Waals surface area contributed by atoms with Gasteiger partial charge in [-0.15, -0.1) is 0 Å². The fourth-order valence-electron chi connectivity index (χ4n) is 3.64. The second-order valence-corrected chi connectivity index (χ2v) is 8.10. The van der Waals surface area contributed by atoms with Crippen LogP contribution in [0, 0.1) is 0 Å². The lowest BCUT2D eigenvalue weighted by atomic mass is 9.93. The molecule has 144 valence electrons. The first-order valence-corrected chi connectivity index (χ1v) is 11.0. The Hall–Kier alpha value is -2.91. The minimum Gasteiger partial charge on any atom is -0.265 e. The third kappa shape index (κ3) is 5.12. The number of hydrogen-bond acceptors (Lipinski definition) is 3. The number of thioether (sulfide) groups is 1. The van der Waals surface area contributed by atoms with E-state index >= 15 is 0 Å². The molecule has 0 bridgehead atoms. The Bertz CT molecular complexity index is 814. The lowest BCUT2D eigenvalue weighted by Crippen LogP contribution is -2.09. The van der Waals surface area contributed by atoms with E-state index in [2.05, 4.69) is 94.9 Å². The van der Waals surface area contributed by atoms with Crippen LogP contribution in [-0.2, 0) is 0 Å². The van der Waals surface area contributed by atoms with E-state index in [0.29, 0.717) is 11.8 Å². The van der Waals surface area contributed by atoms with Crippen LogP contribution in [-0.4, -0.2) is 21.5 Å². The number of rotatable bonds is 8. The quantitative estimate of drug-likeness (QED) is 0.356. The Labute approximate surface area is 177 Å². The van der Waals surface area contributed by atoms with Gasteiger partial charge in [0.2, 0.25) is 0 Å². The zero-order chi connectivity index (χ0) is 19.7. The molecule has 0 aliphatic rings. The van der Waals surface area contributed by atoms with Crippen LogP contribution in [0.15, 0.2) is 110 Å². The molecule has 4 aromatic rings. The van der Waals surface area contributed by atoms with E-state index < -0.39 is 0 Å². The predicted molar refractivity (Wildman–Crippen MR) is 122 cm³/mol. The molecule has 2 unspecified atom stereocenters. The zero-order valence-corrected chi connectivity index (χ0v) is 17.1. The molecule has 2 aromatic heterocycles. The van der Waals surface area contributed by atoms with E-state index in [1.807, 2.05) is 36.5 Å². The van der Waals surface area contributed by atoms with E-state index in [0.717, 1.165) is 11.5 Å². The number of hydrogen-bond donors (Lipinski definition) is 0. The standard InChI is InChI=1S/C26H24N2S/c1-3-7-21(8-4-1)25(23-11-15-27-16-12-23)19-29-20-26(22-9-5-2-6-10-22)24-13-17-28-18-14-24/h1-18,25-26H,19-20H2. The van der Waals surface area contributed by atoms with Crippen molar-refractivity contribution in [1.29, 1.82) is 0 Å². The largest absolute Gasteiger partial charge is 0.265 e. The molecule has 0 fully saturated rings. The topological polar surface area (TPSA) is 25.8 Å². The van der Waals surface area contributed by atoms with Crippen LogP contribution in [0.5, 0.6) is 0 Å². The summed E-state index contributed by atoms with van der Waals surface area (Å²) in [5, 5.41) is 0. The summed E-state index contributed by atoms with van der Waals surface area (Å²) >= 11 is 2.01. The first kappa shape index (κ1) is 19.4. The summed E-state index contributed by atoms with van der Waals surface area (Å²) in [6.45, 7) is 0. The molecule has 0 saturated heterocycles. The molecule has 2 aromatic carbocycles. The Morgan fingerprint density at radius 2 is 0.828 bits per heavy atom. The van der Waals surface area contributed by atoms with Crippen LogP contribution in [0.1, 0.15) is 34.1 Å². The number of nitrogens with zero attached hydrogens (tertiary/aromatic N) is 2. The van der Waals surface area contributed by atoms with Crippen molar-refractivity contribution < 1.29 is 0 Å². The van der Waals surface area contributed by atoms with Gasteiger partial charge in [0.05, 0.1) is 0 Å². The van der Waals surface area contributed by atoms with E-state index in [9.17, 15) is 0 Å². The van der Waals surface area contributed by atoms with Crippen molar-refractivity contribution in [2.24, 2.45) is 0 Å². The lowest BCUT2D eigenvalue weighted by Gasteiger charge is -2.21. The van der Waals surface area contributed by atoms with Crippen LogP contribution < -0.4 is 0 Å². The SMILES string of the molecule is c1ccc(C(CSCC(c2ccccc2)c2ccncc2)c2ccncc2)cc1. The van der Waals surface area contributed by atoms with Crippen LogP contribution in [0.4, 0.5) is 0 Å². The molecule has 2 heterocycles.